The van der Waals surface area contributed by atoms with Gasteiger partial charge in [0.15, 0.2) is 5.82 Å². The van der Waals surface area contributed by atoms with E-state index in [9.17, 15) is 14.9 Å². The van der Waals surface area contributed by atoms with Crippen LogP contribution in [0.2, 0.25) is 10.2 Å². The molecule has 1 aliphatic heterocycles. The Bertz CT molecular complexity index is 1170. The number of hydrogen-bond donors (Lipinski definition) is 1. The molecule has 2 aromatic rings. The molecule has 1 aromatic carbocycles. The van der Waals surface area contributed by atoms with Crippen LogP contribution in [0.1, 0.15) is 37.3 Å². The molecule has 3 rings (SSSR count). The second-order valence-corrected chi connectivity index (χ2v) is 8.77. The van der Waals surface area contributed by atoms with Gasteiger partial charge in [0.25, 0.3) is 5.70 Å². The minimum absolute atomic E-state index is 0.00267. The van der Waals surface area contributed by atoms with E-state index in [2.05, 4.69) is 4.98 Å². The first-order chi connectivity index (χ1) is 16.7. The summed E-state index contributed by atoms with van der Waals surface area (Å²) in [6.45, 7) is 4.63. The molecule has 35 heavy (non-hydrogen) atoms. The van der Waals surface area contributed by atoms with Gasteiger partial charge in [0.05, 0.1) is 17.1 Å². The molecule has 9 nitrogen and oxygen atoms in total. The molecule has 0 radical (unpaired) electrons. The summed E-state index contributed by atoms with van der Waals surface area (Å²) in [6, 6.07) is 10.1. The number of esters is 1. The second kappa shape index (κ2) is 11.4. The zero-order valence-electron chi connectivity index (χ0n) is 19.7. The molecule has 1 atom stereocenters. The fourth-order valence-corrected chi connectivity index (χ4v) is 4.31. The third-order valence-electron chi connectivity index (χ3n) is 5.63. The number of ether oxygens (including phenoxy) is 1. The Morgan fingerprint density at radius 2 is 2.03 bits per heavy atom. The van der Waals surface area contributed by atoms with Crippen LogP contribution in [0.5, 0.6) is 0 Å². The minimum Gasteiger partial charge on any atom is -0.462 e. The van der Waals surface area contributed by atoms with Crippen LogP contribution in [-0.2, 0) is 16.1 Å². The van der Waals surface area contributed by atoms with Crippen LogP contribution in [0.25, 0.3) is 0 Å². The van der Waals surface area contributed by atoms with Gasteiger partial charge < -0.3 is 20.3 Å². The molecule has 2 heterocycles. The molecule has 0 spiro atoms. The molecule has 0 saturated heterocycles. The highest BCUT2D eigenvalue weighted by Gasteiger charge is 2.46. The fraction of sp³-hybridized carbons (Fsp3) is 0.333. The monoisotopic (exact) mass is 519 g/mol. The normalized spacial score (nSPS) is 15.9. The van der Waals surface area contributed by atoms with Crippen LogP contribution in [-0.4, -0.2) is 45.9 Å². The first-order valence-corrected chi connectivity index (χ1v) is 11.8. The van der Waals surface area contributed by atoms with Crippen LogP contribution in [0.15, 0.2) is 65.5 Å². The summed E-state index contributed by atoms with van der Waals surface area (Å²) in [6.07, 6.45) is 2.21. The molecule has 1 aliphatic rings. The molecule has 0 amide bonds. The van der Waals surface area contributed by atoms with Crippen molar-refractivity contribution < 1.29 is 14.5 Å². The lowest BCUT2D eigenvalue weighted by Gasteiger charge is -2.38. The van der Waals surface area contributed by atoms with Crippen LogP contribution in [0, 0.1) is 10.1 Å². The number of benzene rings is 1. The van der Waals surface area contributed by atoms with E-state index in [1.165, 1.54) is 4.90 Å². The largest absolute Gasteiger partial charge is 0.462 e. The van der Waals surface area contributed by atoms with Crippen molar-refractivity contribution in [3.8, 4) is 0 Å². The Morgan fingerprint density at radius 1 is 1.29 bits per heavy atom. The second-order valence-electron chi connectivity index (χ2n) is 7.95. The summed E-state index contributed by atoms with van der Waals surface area (Å²) in [5.74, 6) is -1.45. The number of allylic oxidation sites excluding steroid dienone is 1. The van der Waals surface area contributed by atoms with Crippen molar-refractivity contribution in [2.45, 2.75) is 32.7 Å². The molecule has 0 aliphatic carbocycles. The first-order valence-electron chi connectivity index (χ1n) is 11.1. The predicted octanol–water partition coefficient (Wildman–Crippen LogP) is 4.51. The third kappa shape index (κ3) is 5.68. The van der Waals surface area contributed by atoms with Crippen LogP contribution >= 0.6 is 23.2 Å². The van der Waals surface area contributed by atoms with E-state index >= 15 is 0 Å². The van der Waals surface area contributed by atoms with Crippen molar-refractivity contribution in [1.29, 1.82) is 0 Å². The summed E-state index contributed by atoms with van der Waals surface area (Å²) in [5, 5.41) is 13.3. The van der Waals surface area contributed by atoms with E-state index in [1.54, 1.807) is 49.6 Å². The van der Waals surface area contributed by atoms with E-state index in [-0.39, 0.29) is 29.5 Å². The Hall–Kier alpha value is -3.30. The van der Waals surface area contributed by atoms with Gasteiger partial charge in [-0.05, 0) is 42.7 Å². The first kappa shape index (κ1) is 26.3. The fourth-order valence-electron chi connectivity index (χ4n) is 4.00. The molecule has 0 bridgehead atoms. The Kier molecular flexibility index (Phi) is 8.58. The maximum absolute atomic E-state index is 13.1. The number of carbonyl (C=O) groups is 1. The average Bonchev–Trinajstić information content (AvgIpc) is 2.83. The van der Waals surface area contributed by atoms with Crippen molar-refractivity contribution in [3.05, 3.63) is 96.9 Å². The Morgan fingerprint density at radius 3 is 2.60 bits per heavy atom. The number of halogens is 2. The highest BCUT2D eigenvalue weighted by atomic mass is 35.5. The highest BCUT2D eigenvalue weighted by Crippen LogP contribution is 2.42. The number of nitrogens with two attached hydrogens (primary N) is 1. The molecule has 0 fully saturated rings. The van der Waals surface area contributed by atoms with Gasteiger partial charge >= 0.3 is 5.97 Å². The van der Waals surface area contributed by atoms with Gasteiger partial charge in [0.1, 0.15) is 16.9 Å². The van der Waals surface area contributed by atoms with E-state index in [0.29, 0.717) is 35.2 Å². The predicted molar refractivity (Wildman–Crippen MR) is 134 cm³/mol. The number of hydrogen-bond acceptors (Lipinski definition) is 8. The van der Waals surface area contributed by atoms with Crippen LogP contribution in [0.3, 0.4) is 0 Å². The van der Waals surface area contributed by atoms with E-state index in [0.717, 1.165) is 5.56 Å². The Balaban J connectivity index is 2.22. The molecule has 11 heteroatoms. The lowest BCUT2D eigenvalue weighted by Crippen LogP contribution is -2.43. The number of pyridine rings is 1. The van der Waals surface area contributed by atoms with E-state index in [1.807, 2.05) is 18.7 Å². The van der Waals surface area contributed by atoms with E-state index < -0.39 is 16.8 Å². The van der Waals surface area contributed by atoms with Gasteiger partial charge in [0.2, 0.25) is 0 Å². The molecule has 186 valence electrons. The maximum atomic E-state index is 13.1. The number of aromatic nitrogens is 1. The zero-order valence-corrected chi connectivity index (χ0v) is 21.2. The minimum atomic E-state index is -1.09. The lowest BCUT2D eigenvalue weighted by molar-refractivity contribution is -0.433. The van der Waals surface area contributed by atoms with Gasteiger partial charge in [0, 0.05) is 31.4 Å². The molecule has 1 unspecified atom stereocenters. The number of rotatable bonds is 9. The number of carbonyl (C=O) groups excluding carboxylic acids is 1. The van der Waals surface area contributed by atoms with Crippen molar-refractivity contribution >= 4 is 29.2 Å². The molecular formula is C24H27Cl2N5O4. The summed E-state index contributed by atoms with van der Waals surface area (Å²) >= 11 is 12.1. The lowest BCUT2D eigenvalue weighted by atomic mass is 9.85. The SMILES string of the molecule is CCCOC(=O)C1=C(N)N(C)C(N(CC)Cc2ccc(Cl)nc2)=C([N+](=O)[O-])C1c1cccc(Cl)c1. The average molecular weight is 520 g/mol. The summed E-state index contributed by atoms with van der Waals surface area (Å²) in [4.78, 5) is 32.6. The summed E-state index contributed by atoms with van der Waals surface area (Å²) in [7, 11) is 1.60. The molecule has 0 saturated carbocycles. The van der Waals surface area contributed by atoms with Crippen molar-refractivity contribution in [1.82, 2.24) is 14.8 Å². The number of nitrogens with zero attached hydrogens (tertiary/aromatic N) is 4. The maximum Gasteiger partial charge on any atom is 0.338 e. The summed E-state index contributed by atoms with van der Waals surface area (Å²) in [5.41, 5.74) is 7.55. The molecule has 1 aromatic heterocycles. The van der Waals surface area contributed by atoms with Crippen molar-refractivity contribution in [2.24, 2.45) is 5.73 Å². The van der Waals surface area contributed by atoms with Crippen LogP contribution < -0.4 is 5.73 Å². The van der Waals surface area contributed by atoms with Gasteiger partial charge in [-0.15, -0.1) is 0 Å². The molecule has 2 N–H and O–H groups in total. The van der Waals surface area contributed by atoms with Gasteiger partial charge in [-0.2, -0.15) is 0 Å². The Labute approximate surface area is 213 Å². The third-order valence-corrected chi connectivity index (χ3v) is 6.08. The van der Waals surface area contributed by atoms with Gasteiger partial charge in [-0.25, -0.2) is 9.78 Å². The quantitative estimate of drug-likeness (QED) is 0.222. The standard InChI is InChI=1S/C24H27Cl2N5O4/c1-4-11-35-24(32)20-19(16-7-6-8-17(25)12-16)21(31(33)34)23(29(3)22(20)27)30(5-2)14-15-9-10-18(26)28-13-15/h6-10,12-13,19H,4-5,11,14,27H2,1-3H3. The summed E-state index contributed by atoms with van der Waals surface area (Å²) < 4.78 is 5.37. The van der Waals surface area contributed by atoms with Crippen LogP contribution in [0.4, 0.5) is 0 Å². The van der Waals surface area contributed by atoms with E-state index in [4.69, 9.17) is 33.7 Å². The zero-order chi connectivity index (χ0) is 25.7. The van der Waals surface area contributed by atoms with Gasteiger partial charge in [-0.3, -0.25) is 10.1 Å². The topological polar surface area (TPSA) is 115 Å². The highest BCUT2D eigenvalue weighted by molar-refractivity contribution is 6.30. The van der Waals surface area contributed by atoms with Crippen molar-refractivity contribution in [3.63, 3.8) is 0 Å². The van der Waals surface area contributed by atoms with Gasteiger partial charge in [-0.1, -0.05) is 48.3 Å². The smallest absolute Gasteiger partial charge is 0.338 e. The molecular weight excluding hydrogens is 493 g/mol. The van der Waals surface area contributed by atoms with Crippen molar-refractivity contribution in [2.75, 3.05) is 20.2 Å². The number of nitro groups is 1.